The topological polar surface area (TPSA) is 37.3 Å². The van der Waals surface area contributed by atoms with E-state index in [9.17, 15) is 9.90 Å². The SMILES string of the molecule is CC(C)(C=O)c1ccc(O)c(Br)c1. The molecule has 0 amide bonds. The molecule has 0 aliphatic carbocycles. The molecule has 1 rings (SSSR count). The van der Waals surface area contributed by atoms with Crippen LogP contribution in [0, 0.1) is 0 Å². The van der Waals surface area contributed by atoms with Crippen LogP contribution in [0.1, 0.15) is 19.4 Å². The fraction of sp³-hybridized carbons (Fsp3) is 0.300. The Bertz CT molecular complexity index is 332. The summed E-state index contributed by atoms with van der Waals surface area (Å²) in [4.78, 5) is 10.7. The third kappa shape index (κ3) is 2.10. The number of hydrogen-bond acceptors (Lipinski definition) is 2. The van der Waals surface area contributed by atoms with E-state index in [1.807, 2.05) is 13.8 Å². The summed E-state index contributed by atoms with van der Waals surface area (Å²) in [5, 5.41) is 9.25. The zero-order valence-corrected chi connectivity index (χ0v) is 9.13. The van der Waals surface area contributed by atoms with E-state index in [0.29, 0.717) is 4.47 Å². The van der Waals surface area contributed by atoms with Crippen molar-refractivity contribution in [1.82, 2.24) is 0 Å². The van der Waals surface area contributed by atoms with Crippen LogP contribution in [0.5, 0.6) is 5.75 Å². The van der Waals surface area contributed by atoms with Crippen LogP contribution in [0.2, 0.25) is 0 Å². The summed E-state index contributed by atoms with van der Waals surface area (Å²) < 4.78 is 0.611. The van der Waals surface area contributed by atoms with Crippen LogP contribution in [0.15, 0.2) is 22.7 Å². The molecule has 1 aromatic carbocycles. The van der Waals surface area contributed by atoms with Gasteiger partial charge in [-0.3, -0.25) is 0 Å². The van der Waals surface area contributed by atoms with Gasteiger partial charge in [0, 0.05) is 5.41 Å². The van der Waals surface area contributed by atoms with Gasteiger partial charge in [0.1, 0.15) is 12.0 Å². The number of carbonyl (C=O) groups is 1. The fourth-order valence-electron chi connectivity index (χ4n) is 0.976. The second kappa shape index (κ2) is 3.50. The Morgan fingerprint density at radius 3 is 2.54 bits per heavy atom. The maximum absolute atomic E-state index is 10.7. The van der Waals surface area contributed by atoms with Crippen LogP contribution in [0.3, 0.4) is 0 Å². The molecule has 0 saturated heterocycles. The first-order chi connectivity index (χ1) is 5.97. The number of aromatic hydroxyl groups is 1. The fourth-order valence-corrected chi connectivity index (χ4v) is 1.35. The predicted octanol–water partition coefficient (Wildman–Crippen LogP) is 2.63. The zero-order chi connectivity index (χ0) is 10.1. The van der Waals surface area contributed by atoms with E-state index in [2.05, 4.69) is 15.9 Å². The van der Waals surface area contributed by atoms with Gasteiger partial charge < -0.3 is 9.90 Å². The first-order valence-electron chi connectivity index (χ1n) is 3.93. The second-order valence-corrected chi connectivity index (χ2v) is 4.36. The minimum atomic E-state index is -0.504. The molecule has 0 aliphatic rings. The van der Waals surface area contributed by atoms with Crippen molar-refractivity contribution < 1.29 is 9.90 Å². The maximum atomic E-state index is 10.7. The monoisotopic (exact) mass is 242 g/mol. The summed E-state index contributed by atoms with van der Waals surface area (Å²) in [6.07, 6.45) is 0.895. The number of phenols is 1. The van der Waals surface area contributed by atoms with E-state index in [1.54, 1.807) is 18.2 Å². The summed E-state index contributed by atoms with van der Waals surface area (Å²) >= 11 is 3.20. The number of halogens is 1. The molecule has 0 fully saturated rings. The molecular formula is C10H11BrO2. The molecule has 0 spiro atoms. The van der Waals surface area contributed by atoms with Crippen molar-refractivity contribution >= 4 is 22.2 Å². The third-order valence-corrected chi connectivity index (χ3v) is 2.62. The van der Waals surface area contributed by atoms with Crippen molar-refractivity contribution in [3.8, 4) is 5.75 Å². The maximum Gasteiger partial charge on any atom is 0.129 e. The van der Waals surface area contributed by atoms with Crippen LogP contribution in [0.4, 0.5) is 0 Å². The Kier molecular flexibility index (Phi) is 2.76. The molecular weight excluding hydrogens is 232 g/mol. The molecule has 70 valence electrons. The highest BCUT2D eigenvalue weighted by Crippen LogP contribution is 2.29. The number of carbonyl (C=O) groups excluding carboxylic acids is 1. The van der Waals surface area contributed by atoms with E-state index < -0.39 is 5.41 Å². The summed E-state index contributed by atoms with van der Waals surface area (Å²) in [6.45, 7) is 3.66. The molecule has 2 nitrogen and oxygen atoms in total. The van der Waals surface area contributed by atoms with Crippen molar-refractivity contribution in [3.05, 3.63) is 28.2 Å². The average Bonchev–Trinajstić information content (AvgIpc) is 2.09. The van der Waals surface area contributed by atoms with Crippen LogP contribution in [0.25, 0.3) is 0 Å². The van der Waals surface area contributed by atoms with Crippen molar-refractivity contribution in [1.29, 1.82) is 0 Å². The highest BCUT2D eigenvalue weighted by atomic mass is 79.9. The van der Waals surface area contributed by atoms with Crippen molar-refractivity contribution in [2.45, 2.75) is 19.3 Å². The van der Waals surface area contributed by atoms with E-state index >= 15 is 0 Å². The summed E-state index contributed by atoms with van der Waals surface area (Å²) in [5.74, 6) is 0.186. The highest BCUT2D eigenvalue weighted by Gasteiger charge is 2.19. The smallest absolute Gasteiger partial charge is 0.129 e. The van der Waals surface area contributed by atoms with Crippen LogP contribution < -0.4 is 0 Å². The van der Waals surface area contributed by atoms with Gasteiger partial charge in [-0.05, 0) is 47.5 Å². The van der Waals surface area contributed by atoms with E-state index in [1.165, 1.54) is 0 Å². The van der Waals surface area contributed by atoms with Gasteiger partial charge in [-0.2, -0.15) is 0 Å². The minimum absolute atomic E-state index is 0.186. The minimum Gasteiger partial charge on any atom is -0.507 e. The van der Waals surface area contributed by atoms with E-state index in [0.717, 1.165) is 11.8 Å². The Morgan fingerprint density at radius 2 is 2.08 bits per heavy atom. The van der Waals surface area contributed by atoms with Crippen LogP contribution in [-0.2, 0) is 10.2 Å². The average molecular weight is 243 g/mol. The van der Waals surface area contributed by atoms with Gasteiger partial charge in [0.15, 0.2) is 0 Å². The van der Waals surface area contributed by atoms with Gasteiger partial charge >= 0.3 is 0 Å². The van der Waals surface area contributed by atoms with Crippen LogP contribution >= 0.6 is 15.9 Å². The third-order valence-electron chi connectivity index (χ3n) is 1.99. The van der Waals surface area contributed by atoms with Gasteiger partial charge in [0.05, 0.1) is 4.47 Å². The number of aldehydes is 1. The normalized spacial score (nSPS) is 11.3. The molecule has 0 aromatic heterocycles. The predicted molar refractivity (Wildman–Crippen MR) is 54.9 cm³/mol. The lowest BCUT2D eigenvalue weighted by molar-refractivity contribution is -0.111. The molecule has 0 atom stereocenters. The molecule has 1 aromatic rings. The Labute approximate surface area is 85.7 Å². The first kappa shape index (κ1) is 10.3. The van der Waals surface area contributed by atoms with Crippen molar-refractivity contribution in [3.63, 3.8) is 0 Å². The highest BCUT2D eigenvalue weighted by molar-refractivity contribution is 9.10. The number of benzene rings is 1. The summed E-state index contributed by atoms with van der Waals surface area (Å²) in [6, 6.07) is 5.07. The Morgan fingerprint density at radius 1 is 1.46 bits per heavy atom. The molecule has 0 saturated carbocycles. The van der Waals surface area contributed by atoms with Gasteiger partial charge in [-0.15, -0.1) is 0 Å². The molecule has 0 radical (unpaired) electrons. The number of rotatable bonds is 2. The lowest BCUT2D eigenvalue weighted by Crippen LogP contribution is -2.18. The van der Waals surface area contributed by atoms with Gasteiger partial charge in [-0.25, -0.2) is 0 Å². The first-order valence-corrected chi connectivity index (χ1v) is 4.72. The van der Waals surface area contributed by atoms with Crippen molar-refractivity contribution in [2.75, 3.05) is 0 Å². The zero-order valence-electron chi connectivity index (χ0n) is 7.54. The molecule has 13 heavy (non-hydrogen) atoms. The standard InChI is InChI=1S/C10H11BrO2/c1-10(2,6-12)7-3-4-9(13)8(11)5-7/h3-6,13H,1-2H3. The number of hydrogen-bond donors (Lipinski definition) is 1. The van der Waals surface area contributed by atoms with E-state index in [4.69, 9.17) is 0 Å². The second-order valence-electron chi connectivity index (χ2n) is 3.51. The Hall–Kier alpha value is -0.830. The van der Waals surface area contributed by atoms with Gasteiger partial charge in [0.25, 0.3) is 0 Å². The number of phenolic OH excluding ortho intramolecular Hbond substituents is 1. The molecule has 0 bridgehead atoms. The molecule has 0 unspecified atom stereocenters. The van der Waals surface area contributed by atoms with Gasteiger partial charge in [-0.1, -0.05) is 6.07 Å². The molecule has 0 aliphatic heterocycles. The summed E-state index contributed by atoms with van der Waals surface area (Å²) in [7, 11) is 0. The van der Waals surface area contributed by atoms with Gasteiger partial charge in [0.2, 0.25) is 0 Å². The van der Waals surface area contributed by atoms with Crippen LogP contribution in [-0.4, -0.2) is 11.4 Å². The van der Waals surface area contributed by atoms with Crippen molar-refractivity contribution in [2.24, 2.45) is 0 Å². The molecule has 3 heteroatoms. The lowest BCUT2D eigenvalue weighted by Gasteiger charge is -2.17. The van der Waals surface area contributed by atoms with E-state index in [-0.39, 0.29) is 5.75 Å². The summed E-state index contributed by atoms with van der Waals surface area (Å²) in [5.41, 5.74) is 0.378. The Balaban J connectivity index is 3.18. The lowest BCUT2D eigenvalue weighted by atomic mass is 9.86. The molecule has 1 N–H and O–H groups in total. The quantitative estimate of drug-likeness (QED) is 0.810. The molecule has 0 heterocycles. The largest absolute Gasteiger partial charge is 0.507 e.